The molecule has 0 unspecified atom stereocenters. The predicted octanol–water partition coefficient (Wildman–Crippen LogP) is 8.16. The first-order valence-corrected chi connectivity index (χ1v) is 12.2. The third-order valence-corrected chi connectivity index (χ3v) is 5.55. The Hall–Kier alpha value is -2.92. The fraction of sp³-hybridized carbons (Fsp3) is 0.400. The Morgan fingerprint density at radius 1 is 0.531 bits per heavy atom. The van der Waals surface area contributed by atoms with Crippen LogP contribution >= 0.6 is 0 Å². The van der Waals surface area contributed by atoms with E-state index in [9.17, 15) is 0 Å². The van der Waals surface area contributed by atoms with Gasteiger partial charge in [0.2, 0.25) is 0 Å². The molecule has 0 saturated heterocycles. The second kappa shape index (κ2) is 13.5. The highest BCUT2D eigenvalue weighted by Crippen LogP contribution is 2.22. The first-order valence-electron chi connectivity index (χ1n) is 12.2. The quantitative estimate of drug-likeness (QED) is 0.214. The van der Waals surface area contributed by atoms with E-state index in [0.29, 0.717) is 0 Å². The molecule has 168 valence electrons. The van der Waals surface area contributed by atoms with E-state index < -0.39 is 0 Å². The summed E-state index contributed by atoms with van der Waals surface area (Å²) in [5, 5.41) is 2.36. The number of rotatable bonds is 12. The number of hydrogen-bond donors (Lipinski definition) is 0. The Balaban J connectivity index is 1.53. The second-order valence-corrected chi connectivity index (χ2v) is 8.32. The zero-order valence-electron chi connectivity index (χ0n) is 19.7. The van der Waals surface area contributed by atoms with Crippen LogP contribution in [-0.2, 0) is 0 Å². The summed E-state index contributed by atoms with van der Waals surface area (Å²) >= 11 is 0. The van der Waals surface area contributed by atoms with Crippen LogP contribution in [0.2, 0.25) is 0 Å². The van der Waals surface area contributed by atoms with Crippen LogP contribution in [0.15, 0.2) is 60.7 Å². The van der Waals surface area contributed by atoms with Crippen molar-refractivity contribution in [3.05, 3.63) is 71.8 Å². The molecule has 0 aliphatic rings. The van der Waals surface area contributed by atoms with Gasteiger partial charge in [0.05, 0.1) is 13.2 Å². The fourth-order valence-electron chi connectivity index (χ4n) is 3.61. The summed E-state index contributed by atoms with van der Waals surface area (Å²) in [4.78, 5) is 0. The highest BCUT2D eigenvalue weighted by Gasteiger charge is 2.00. The summed E-state index contributed by atoms with van der Waals surface area (Å²) in [6.07, 6.45) is 9.79. The van der Waals surface area contributed by atoms with Crippen molar-refractivity contribution < 1.29 is 9.47 Å². The molecule has 0 bridgehead atoms. The highest BCUT2D eigenvalue weighted by atomic mass is 16.5. The first kappa shape index (κ1) is 23.7. The monoisotopic (exact) mass is 428 g/mol. The lowest BCUT2D eigenvalue weighted by atomic mass is 10.1. The molecule has 3 aromatic rings. The summed E-state index contributed by atoms with van der Waals surface area (Å²) in [7, 11) is 0. The van der Waals surface area contributed by atoms with E-state index in [1.54, 1.807) is 0 Å². The van der Waals surface area contributed by atoms with Crippen LogP contribution in [0.25, 0.3) is 10.8 Å². The Morgan fingerprint density at radius 2 is 1.06 bits per heavy atom. The van der Waals surface area contributed by atoms with E-state index in [-0.39, 0.29) is 0 Å². The largest absolute Gasteiger partial charge is 0.494 e. The molecule has 0 radical (unpaired) electrons. The van der Waals surface area contributed by atoms with Gasteiger partial charge in [-0.05, 0) is 72.1 Å². The van der Waals surface area contributed by atoms with Gasteiger partial charge >= 0.3 is 0 Å². The van der Waals surface area contributed by atoms with Crippen molar-refractivity contribution in [3.8, 4) is 23.3 Å². The van der Waals surface area contributed by atoms with E-state index in [0.717, 1.165) is 48.7 Å². The SMILES string of the molecule is CCCCCCCOc1ccc(C#Cc2ccc3cc(OCCCCC)ccc3c2)cc1. The van der Waals surface area contributed by atoms with Gasteiger partial charge in [0.1, 0.15) is 11.5 Å². The predicted molar refractivity (Wildman–Crippen MR) is 136 cm³/mol. The molecule has 3 aromatic carbocycles. The Labute approximate surface area is 194 Å². The van der Waals surface area contributed by atoms with Gasteiger partial charge in [-0.25, -0.2) is 0 Å². The summed E-state index contributed by atoms with van der Waals surface area (Å²) < 4.78 is 11.7. The van der Waals surface area contributed by atoms with Crippen molar-refractivity contribution in [3.63, 3.8) is 0 Å². The molecule has 0 aliphatic carbocycles. The van der Waals surface area contributed by atoms with Gasteiger partial charge in [-0.15, -0.1) is 0 Å². The standard InChI is InChI=1S/C30H36O2/c1-3-5-7-8-10-22-31-29-18-14-25(15-19-29)11-12-26-13-16-28-24-30(20-17-27(28)23-26)32-21-9-6-4-2/h13-20,23-24H,3-10,21-22H2,1-2H3. The molecule has 0 spiro atoms. The highest BCUT2D eigenvalue weighted by molar-refractivity contribution is 5.85. The molecule has 0 atom stereocenters. The molecule has 0 heterocycles. The third kappa shape index (κ3) is 7.97. The van der Waals surface area contributed by atoms with E-state index in [1.165, 1.54) is 49.3 Å². The molecule has 0 saturated carbocycles. The third-order valence-electron chi connectivity index (χ3n) is 5.55. The number of unbranched alkanes of at least 4 members (excludes halogenated alkanes) is 6. The molecule has 2 nitrogen and oxygen atoms in total. The van der Waals surface area contributed by atoms with Gasteiger partial charge in [0.15, 0.2) is 0 Å². The van der Waals surface area contributed by atoms with Gasteiger partial charge in [-0.3, -0.25) is 0 Å². The average molecular weight is 429 g/mol. The van der Waals surface area contributed by atoms with Crippen LogP contribution in [0.5, 0.6) is 11.5 Å². The van der Waals surface area contributed by atoms with Gasteiger partial charge in [-0.2, -0.15) is 0 Å². The van der Waals surface area contributed by atoms with E-state index in [2.05, 4.69) is 56.0 Å². The zero-order chi connectivity index (χ0) is 22.4. The zero-order valence-corrected chi connectivity index (χ0v) is 19.7. The topological polar surface area (TPSA) is 18.5 Å². The number of ether oxygens (including phenoxy) is 2. The van der Waals surface area contributed by atoms with Gasteiger partial charge in [-0.1, -0.05) is 76.3 Å². The lowest BCUT2D eigenvalue weighted by molar-refractivity contribution is 0.304. The molecular formula is C30H36O2. The molecule has 2 heteroatoms. The van der Waals surface area contributed by atoms with Gasteiger partial charge < -0.3 is 9.47 Å². The van der Waals surface area contributed by atoms with Gasteiger partial charge in [0.25, 0.3) is 0 Å². The maximum absolute atomic E-state index is 5.87. The molecule has 0 aromatic heterocycles. The molecule has 32 heavy (non-hydrogen) atoms. The fourth-order valence-corrected chi connectivity index (χ4v) is 3.61. The maximum atomic E-state index is 5.87. The van der Waals surface area contributed by atoms with Crippen LogP contribution in [0.3, 0.4) is 0 Å². The van der Waals surface area contributed by atoms with Crippen molar-refractivity contribution in [1.82, 2.24) is 0 Å². The van der Waals surface area contributed by atoms with Crippen LogP contribution < -0.4 is 9.47 Å². The van der Waals surface area contributed by atoms with E-state index in [1.807, 2.05) is 30.3 Å². The van der Waals surface area contributed by atoms with Gasteiger partial charge in [0, 0.05) is 11.1 Å². The van der Waals surface area contributed by atoms with Crippen molar-refractivity contribution in [2.45, 2.75) is 65.2 Å². The Morgan fingerprint density at radius 3 is 1.84 bits per heavy atom. The number of fused-ring (bicyclic) bond motifs is 1. The molecule has 0 N–H and O–H groups in total. The van der Waals surface area contributed by atoms with Crippen molar-refractivity contribution in [1.29, 1.82) is 0 Å². The summed E-state index contributed by atoms with van der Waals surface area (Å²) in [5.74, 6) is 8.41. The summed E-state index contributed by atoms with van der Waals surface area (Å²) in [5.41, 5.74) is 2.01. The van der Waals surface area contributed by atoms with Crippen molar-refractivity contribution in [2.24, 2.45) is 0 Å². The first-order chi connectivity index (χ1) is 15.8. The lowest BCUT2D eigenvalue weighted by Gasteiger charge is -2.07. The Bertz CT molecular complexity index is 1010. The minimum absolute atomic E-state index is 0.783. The lowest BCUT2D eigenvalue weighted by Crippen LogP contribution is -1.97. The van der Waals surface area contributed by atoms with Crippen LogP contribution in [0.4, 0.5) is 0 Å². The van der Waals surface area contributed by atoms with E-state index in [4.69, 9.17) is 9.47 Å². The molecule has 0 amide bonds. The minimum Gasteiger partial charge on any atom is -0.494 e. The van der Waals surface area contributed by atoms with E-state index >= 15 is 0 Å². The summed E-state index contributed by atoms with van der Waals surface area (Å²) in [6, 6.07) is 20.7. The normalized spacial score (nSPS) is 10.6. The number of benzene rings is 3. The van der Waals surface area contributed by atoms with Crippen LogP contribution in [0.1, 0.15) is 76.3 Å². The minimum atomic E-state index is 0.783. The van der Waals surface area contributed by atoms with Crippen molar-refractivity contribution >= 4 is 10.8 Å². The van der Waals surface area contributed by atoms with Crippen LogP contribution in [0, 0.1) is 11.8 Å². The summed E-state index contributed by atoms with van der Waals surface area (Å²) in [6.45, 7) is 6.02. The second-order valence-electron chi connectivity index (χ2n) is 8.32. The van der Waals surface area contributed by atoms with Crippen LogP contribution in [-0.4, -0.2) is 13.2 Å². The average Bonchev–Trinajstić information content (AvgIpc) is 2.83. The number of hydrogen-bond acceptors (Lipinski definition) is 2. The Kier molecular flexibility index (Phi) is 10.0. The molecule has 0 fully saturated rings. The van der Waals surface area contributed by atoms with Crippen molar-refractivity contribution in [2.75, 3.05) is 13.2 Å². The molecular weight excluding hydrogens is 392 g/mol. The maximum Gasteiger partial charge on any atom is 0.119 e. The smallest absolute Gasteiger partial charge is 0.119 e. The molecule has 3 rings (SSSR count). The molecule has 0 aliphatic heterocycles.